The van der Waals surface area contributed by atoms with Gasteiger partial charge in [0.1, 0.15) is 0 Å². The van der Waals surface area contributed by atoms with Gasteiger partial charge in [-0.15, -0.1) is 0 Å². The smallest absolute Gasteiger partial charge is 0.0181 e. The van der Waals surface area contributed by atoms with Crippen LogP contribution in [-0.4, -0.2) is 0 Å². The molecule has 0 radical (unpaired) electrons. The summed E-state index contributed by atoms with van der Waals surface area (Å²) in [5.74, 6) is 0. The monoisotopic (exact) mass is 278 g/mol. The quantitative estimate of drug-likeness (QED) is 0.636. The molecule has 0 N–H and O–H groups in total. The first-order valence-electron chi connectivity index (χ1n) is 6.29. The molecular formula is C15H19Br. The molecule has 0 amide bonds. The van der Waals surface area contributed by atoms with E-state index in [9.17, 15) is 0 Å². The highest BCUT2D eigenvalue weighted by molar-refractivity contribution is 9.10. The minimum atomic E-state index is 1.13. The number of rotatable bonds is 5. The summed E-state index contributed by atoms with van der Waals surface area (Å²) in [5, 5.41) is 0. The molecule has 0 saturated carbocycles. The zero-order valence-electron chi connectivity index (χ0n) is 9.93. The molecule has 0 unspecified atom stereocenters. The number of unbranched alkanes of at least 4 members (excludes halogenated alkanes) is 3. The first kappa shape index (κ1) is 11.9. The molecule has 2 rings (SSSR count). The summed E-state index contributed by atoms with van der Waals surface area (Å²) < 4.78 is 1.20. The fourth-order valence-corrected chi connectivity index (χ4v) is 2.71. The molecular weight excluding hydrogens is 260 g/mol. The average Bonchev–Trinajstić information content (AvgIpc) is 2.67. The summed E-state index contributed by atoms with van der Waals surface area (Å²) in [4.78, 5) is 0. The van der Waals surface area contributed by atoms with E-state index < -0.39 is 0 Å². The number of fused-ring (bicyclic) bond motifs is 1. The van der Waals surface area contributed by atoms with Crippen LogP contribution < -0.4 is 0 Å². The first-order chi connectivity index (χ1) is 7.81. The van der Waals surface area contributed by atoms with Crippen molar-refractivity contribution in [3.63, 3.8) is 0 Å². The Morgan fingerprint density at radius 1 is 1.19 bits per heavy atom. The normalized spacial score (nSPS) is 13.8. The van der Waals surface area contributed by atoms with Crippen LogP contribution in [0.1, 0.15) is 50.2 Å². The summed E-state index contributed by atoms with van der Waals surface area (Å²) in [5.41, 5.74) is 4.53. The lowest BCUT2D eigenvalue weighted by molar-refractivity contribution is 0.679. The molecule has 16 heavy (non-hydrogen) atoms. The van der Waals surface area contributed by atoms with Gasteiger partial charge in [-0.05, 0) is 48.1 Å². The topological polar surface area (TPSA) is 0 Å². The third kappa shape index (κ3) is 2.76. The zero-order valence-corrected chi connectivity index (χ0v) is 11.5. The standard InChI is InChI=1S/C15H19Br/c1-2-3-4-5-6-12-7-8-13-9-10-14(16)11-15(12)13/h7,9-11H,2-6,8H2,1H3. The molecule has 0 spiro atoms. The van der Waals surface area contributed by atoms with Crippen molar-refractivity contribution in [1.29, 1.82) is 0 Å². The van der Waals surface area contributed by atoms with Gasteiger partial charge < -0.3 is 0 Å². The highest BCUT2D eigenvalue weighted by Crippen LogP contribution is 2.33. The van der Waals surface area contributed by atoms with Crippen LogP contribution in [0.15, 0.2) is 28.7 Å². The predicted octanol–water partition coefficient (Wildman–Crippen LogP) is 5.36. The molecule has 1 aliphatic rings. The highest BCUT2D eigenvalue weighted by atomic mass is 79.9. The van der Waals surface area contributed by atoms with Gasteiger partial charge in [-0.2, -0.15) is 0 Å². The van der Waals surface area contributed by atoms with E-state index in [1.807, 2.05) is 0 Å². The molecule has 86 valence electrons. The van der Waals surface area contributed by atoms with Crippen LogP contribution >= 0.6 is 15.9 Å². The lowest BCUT2D eigenvalue weighted by Gasteiger charge is -2.06. The van der Waals surface area contributed by atoms with Gasteiger partial charge in [0, 0.05) is 4.47 Å². The van der Waals surface area contributed by atoms with Crippen LogP contribution in [0.3, 0.4) is 0 Å². The van der Waals surface area contributed by atoms with Crippen molar-refractivity contribution >= 4 is 21.5 Å². The second-order valence-electron chi connectivity index (χ2n) is 4.55. The van der Waals surface area contributed by atoms with Gasteiger partial charge in [-0.3, -0.25) is 0 Å². The summed E-state index contributed by atoms with van der Waals surface area (Å²) in [6.07, 6.45) is 10.2. The molecule has 1 heteroatoms. The first-order valence-corrected chi connectivity index (χ1v) is 7.08. The molecule has 0 aliphatic heterocycles. The molecule has 0 saturated heterocycles. The molecule has 1 aromatic rings. The third-order valence-corrected chi connectivity index (χ3v) is 3.78. The van der Waals surface area contributed by atoms with Crippen LogP contribution in [0, 0.1) is 0 Å². The Kier molecular flexibility index (Phi) is 4.22. The van der Waals surface area contributed by atoms with Crippen LogP contribution in [0.5, 0.6) is 0 Å². The van der Waals surface area contributed by atoms with E-state index in [1.165, 1.54) is 47.7 Å². The van der Waals surface area contributed by atoms with Crippen molar-refractivity contribution < 1.29 is 0 Å². The summed E-state index contributed by atoms with van der Waals surface area (Å²) in [7, 11) is 0. The van der Waals surface area contributed by atoms with Crippen molar-refractivity contribution in [2.24, 2.45) is 0 Å². The fourth-order valence-electron chi connectivity index (χ4n) is 2.35. The maximum Gasteiger partial charge on any atom is 0.0181 e. The minimum Gasteiger partial charge on any atom is -0.0763 e. The van der Waals surface area contributed by atoms with E-state index in [0.717, 1.165) is 6.42 Å². The molecule has 0 nitrogen and oxygen atoms in total. The molecule has 1 aliphatic carbocycles. The van der Waals surface area contributed by atoms with Crippen LogP contribution in [0.2, 0.25) is 0 Å². The zero-order chi connectivity index (χ0) is 11.4. The van der Waals surface area contributed by atoms with Gasteiger partial charge in [0.2, 0.25) is 0 Å². The van der Waals surface area contributed by atoms with E-state index in [4.69, 9.17) is 0 Å². The predicted molar refractivity (Wildman–Crippen MR) is 74.6 cm³/mol. The van der Waals surface area contributed by atoms with E-state index in [-0.39, 0.29) is 0 Å². The summed E-state index contributed by atoms with van der Waals surface area (Å²) in [6.45, 7) is 2.27. The van der Waals surface area contributed by atoms with Gasteiger partial charge in [0.15, 0.2) is 0 Å². The Labute approximate surface area is 107 Å². The Morgan fingerprint density at radius 2 is 2.06 bits per heavy atom. The molecule has 0 fully saturated rings. The maximum atomic E-state index is 3.56. The van der Waals surface area contributed by atoms with E-state index >= 15 is 0 Å². The van der Waals surface area contributed by atoms with Gasteiger partial charge in [-0.25, -0.2) is 0 Å². The molecule has 0 bridgehead atoms. The number of hydrogen-bond acceptors (Lipinski definition) is 0. The van der Waals surface area contributed by atoms with Crippen LogP contribution in [-0.2, 0) is 6.42 Å². The van der Waals surface area contributed by atoms with Crippen LogP contribution in [0.25, 0.3) is 5.57 Å². The lowest BCUT2D eigenvalue weighted by atomic mass is 10.0. The Hall–Kier alpha value is -0.560. The fraction of sp³-hybridized carbons (Fsp3) is 0.467. The lowest BCUT2D eigenvalue weighted by Crippen LogP contribution is -1.86. The van der Waals surface area contributed by atoms with Gasteiger partial charge in [0.25, 0.3) is 0 Å². The molecule has 1 aromatic carbocycles. The number of benzene rings is 1. The largest absolute Gasteiger partial charge is 0.0763 e. The van der Waals surface area contributed by atoms with Crippen molar-refractivity contribution in [2.75, 3.05) is 0 Å². The second kappa shape index (κ2) is 5.67. The summed E-state index contributed by atoms with van der Waals surface area (Å²) in [6, 6.07) is 6.66. The average molecular weight is 279 g/mol. The molecule has 0 atom stereocenters. The maximum absolute atomic E-state index is 3.56. The van der Waals surface area contributed by atoms with E-state index in [0.29, 0.717) is 0 Å². The van der Waals surface area contributed by atoms with Gasteiger partial charge in [-0.1, -0.05) is 54.3 Å². The van der Waals surface area contributed by atoms with Gasteiger partial charge in [0.05, 0.1) is 0 Å². The number of allylic oxidation sites excluding steroid dienone is 2. The van der Waals surface area contributed by atoms with E-state index in [2.05, 4.69) is 47.1 Å². The number of halogens is 1. The third-order valence-electron chi connectivity index (χ3n) is 3.29. The second-order valence-corrected chi connectivity index (χ2v) is 5.46. The Bertz CT molecular complexity index is 390. The SMILES string of the molecule is CCCCCCC1=CCc2ccc(Br)cc21. The summed E-state index contributed by atoms with van der Waals surface area (Å²) >= 11 is 3.56. The number of hydrogen-bond donors (Lipinski definition) is 0. The molecule has 0 aromatic heterocycles. The van der Waals surface area contributed by atoms with Gasteiger partial charge >= 0.3 is 0 Å². The van der Waals surface area contributed by atoms with Crippen molar-refractivity contribution in [3.8, 4) is 0 Å². The molecule has 0 heterocycles. The minimum absolute atomic E-state index is 1.13. The van der Waals surface area contributed by atoms with E-state index in [1.54, 1.807) is 5.57 Å². The highest BCUT2D eigenvalue weighted by Gasteiger charge is 2.13. The van der Waals surface area contributed by atoms with Crippen molar-refractivity contribution in [2.45, 2.75) is 45.4 Å². The Morgan fingerprint density at radius 3 is 2.88 bits per heavy atom. The Balaban J connectivity index is 1.97. The van der Waals surface area contributed by atoms with Crippen LogP contribution in [0.4, 0.5) is 0 Å². The van der Waals surface area contributed by atoms with Crippen molar-refractivity contribution in [1.82, 2.24) is 0 Å². The van der Waals surface area contributed by atoms with Crippen molar-refractivity contribution in [3.05, 3.63) is 39.9 Å².